The van der Waals surface area contributed by atoms with Gasteiger partial charge in [0.15, 0.2) is 5.79 Å². The van der Waals surface area contributed by atoms with E-state index in [-0.39, 0.29) is 11.6 Å². The van der Waals surface area contributed by atoms with Crippen molar-refractivity contribution in [2.45, 2.75) is 63.4 Å². The second-order valence-corrected chi connectivity index (χ2v) is 6.66. The molecule has 0 amide bonds. The van der Waals surface area contributed by atoms with Gasteiger partial charge in [-0.05, 0) is 37.8 Å². The maximum absolute atomic E-state index is 6.57. The third-order valence-electron chi connectivity index (χ3n) is 4.61. The van der Waals surface area contributed by atoms with Crippen molar-refractivity contribution >= 4 is 0 Å². The molecule has 2 aliphatic rings. The van der Waals surface area contributed by atoms with E-state index in [2.05, 4.69) is 24.3 Å². The summed E-state index contributed by atoms with van der Waals surface area (Å²) < 4.78 is 11.5. The Bertz CT molecular complexity index is 460. The standard InChI is InChI=1S/C17H25NO2/c1-16(2)19-12-15(20-16)13-6-8-14(9-7-13)17(18)10-4-3-5-11-17/h6-9,15H,3-5,10-12,18H2,1-2H3. The van der Waals surface area contributed by atoms with Gasteiger partial charge in [0.2, 0.25) is 0 Å². The van der Waals surface area contributed by atoms with Crippen LogP contribution in [-0.2, 0) is 15.0 Å². The molecule has 110 valence electrons. The van der Waals surface area contributed by atoms with Gasteiger partial charge in [-0.3, -0.25) is 0 Å². The van der Waals surface area contributed by atoms with Crippen molar-refractivity contribution < 1.29 is 9.47 Å². The second kappa shape index (κ2) is 5.14. The zero-order valence-electron chi connectivity index (χ0n) is 12.5. The molecule has 1 unspecified atom stereocenters. The zero-order chi connectivity index (χ0) is 14.2. The van der Waals surface area contributed by atoms with Crippen LogP contribution in [0.15, 0.2) is 24.3 Å². The fraction of sp³-hybridized carbons (Fsp3) is 0.647. The van der Waals surface area contributed by atoms with Crippen molar-refractivity contribution in [1.29, 1.82) is 0 Å². The highest BCUT2D eigenvalue weighted by Gasteiger charge is 2.34. The fourth-order valence-corrected chi connectivity index (χ4v) is 3.35. The fourth-order valence-electron chi connectivity index (χ4n) is 3.35. The molecule has 0 radical (unpaired) electrons. The first-order chi connectivity index (χ1) is 9.49. The van der Waals surface area contributed by atoms with E-state index in [1.54, 1.807) is 0 Å². The molecule has 1 saturated heterocycles. The molecule has 0 bridgehead atoms. The van der Waals surface area contributed by atoms with E-state index < -0.39 is 5.79 Å². The minimum absolute atomic E-state index is 0.0409. The van der Waals surface area contributed by atoms with E-state index in [9.17, 15) is 0 Å². The maximum Gasteiger partial charge on any atom is 0.163 e. The first kappa shape index (κ1) is 14.1. The van der Waals surface area contributed by atoms with Gasteiger partial charge in [-0.1, -0.05) is 43.5 Å². The predicted molar refractivity (Wildman–Crippen MR) is 79.2 cm³/mol. The van der Waals surface area contributed by atoms with E-state index in [0.29, 0.717) is 6.61 Å². The monoisotopic (exact) mass is 275 g/mol. The lowest BCUT2D eigenvalue weighted by Gasteiger charge is -2.34. The molecule has 1 heterocycles. The topological polar surface area (TPSA) is 44.5 Å². The van der Waals surface area contributed by atoms with E-state index in [4.69, 9.17) is 15.2 Å². The Morgan fingerprint density at radius 1 is 1.05 bits per heavy atom. The zero-order valence-corrected chi connectivity index (χ0v) is 12.5. The number of nitrogens with two attached hydrogens (primary N) is 1. The van der Waals surface area contributed by atoms with Crippen molar-refractivity contribution in [1.82, 2.24) is 0 Å². The van der Waals surface area contributed by atoms with Crippen LogP contribution < -0.4 is 5.73 Å². The minimum Gasteiger partial charge on any atom is -0.347 e. The lowest BCUT2D eigenvalue weighted by atomic mass is 9.77. The molecule has 2 N–H and O–H groups in total. The van der Waals surface area contributed by atoms with Crippen LogP contribution >= 0.6 is 0 Å². The summed E-state index contributed by atoms with van der Waals surface area (Å²) in [6, 6.07) is 8.65. The van der Waals surface area contributed by atoms with Gasteiger partial charge in [0.1, 0.15) is 6.10 Å². The Balaban J connectivity index is 1.75. The van der Waals surface area contributed by atoms with Crippen molar-refractivity contribution in [2.75, 3.05) is 6.61 Å². The third kappa shape index (κ3) is 2.76. The van der Waals surface area contributed by atoms with Gasteiger partial charge >= 0.3 is 0 Å². The molecule has 1 aliphatic heterocycles. The SMILES string of the molecule is CC1(C)OCC(c2ccc(C3(N)CCCCC3)cc2)O1. The third-order valence-corrected chi connectivity index (χ3v) is 4.61. The quantitative estimate of drug-likeness (QED) is 0.896. The summed E-state index contributed by atoms with van der Waals surface area (Å²) in [6.07, 6.45) is 6.04. The molecular formula is C17H25NO2. The Hall–Kier alpha value is -0.900. The molecule has 0 spiro atoms. The van der Waals surface area contributed by atoms with Crippen molar-refractivity contribution in [2.24, 2.45) is 5.73 Å². The summed E-state index contributed by atoms with van der Waals surface area (Å²) in [6.45, 7) is 4.54. The average Bonchev–Trinajstić information content (AvgIpc) is 2.80. The summed E-state index contributed by atoms with van der Waals surface area (Å²) in [5.74, 6) is -0.470. The first-order valence-electron chi connectivity index (χ1n) is 7.70. The molecule has 1 aliphatic carbocycles. The highest BCUT2D eigenvalue weighted by Crippen LogP contribution is 2.37. The van der Waals surface area contributed by atoms with Gasteiger partial charge in [0.05, 0.1) is 6.61 Å². The van der Waals surface area contributed by atoms with Crippen LogP contribution in [-0.4, -0.2) is 12.4 Å². The van der Waals surface area contributed by atoms with Crippen molar-refractivity contribution in [3.05, 3.63) is 35.4 Å². The average molecular weight is 275 g/mol. The van der Waals surface area contributed by atoms with E-state index >= 15 is 0 Å². The Labute approximate surface area is 121 Å². The van der Waals surface area contributed by atoms with Crippen LogP contribution in [0.2, 0.25) is 0 Å². The molecule has 1 saturated carbocycles. The summed E-state index contributed by atoms with van der Waals surface area (Å²) >= 11 is 0. The molecule has 3 nitrogen and oxygen atoms in total. The number of hydrogen-bond acceptors (Lipinski definition) is 3. The molecule has 20 heavy (non-hydrogen) atoms. The normalized spacial score (nSPS) is 28.4. The molecule has 0 aromatic heterocycles. The van der Waals surface area contributed by atoms with Crippen LogP contribution in [0.1, 0.15) is 63.2 Å². The Morgan fingerprint density at radius 2 is 1.70 bits per heavy atom. The second-order valence-electron chi connectivity index (χ2n) is 6.66. The van der Waals surface area contributed by atoms with Gasteiger partial charge in [0, 0.05) is 5.54 Å². The van der Waals surface area contributed by atoms with Crippen LogP contribution in [0.3, 0.4) is 0 Å². The summed E-state index contributed by atoms with van der Waals surface area (Å²) in [5, 5.41) is 0. The van der Waals surface area contributed by atoms with E-state index in [1.807, 2.05) is 13.8 Å². The van der Waals surface area contributed by atoms with Crippen molar-refractivity contribution in [3.8, 4) is 0 Å². The molecule has 1 aromatic rings. The van der Waals surface area contributed by atoms with E-state index in [0.717, 1.165) is 12.8 Å². The van der Waals surface area contributed by atoms with Crippen LogP contribution in [0.5, 0.6) is 0 Å². The largest absolute Gasteiger partial charge is 0.347 e. The molecule has 2 fully saturated rings. The number of rotatable bonds is 2. The summed E-state index contributed by atoms with van der Waals surface area (Å²) in [7, 11) is 0. The number of ether oxygens (including phenoxy) is 2. The van der Waals surface area contributed by atoms with E-state index in [1.165, 1.54) is 30.4 Å². The minimum atomic E-state index is -0.470. The molecule has 1 atom stereocenters. The predicted octanol–water partition coefficient (Wildman–Crippen LogP) is 3.63. The van der Waals surface area contributed by atoms with Crippen molar-refractivity contribution in [3.63, 3.8) is 0 Å². The van der Waals surface area contributed by atoms with Gasteiger partial charge in [0.25, 0.3) is 0 Å². The van der Waals surface area contributed by atoms with Crippen LogP contribution in [0.25, 0.3) is 0 Å². The lowest BCUT2D eigenvalue weighted by Crippen LogP contribution is -2.38. The van der Waals surface area contributed by atoms with Crippen LogP contribution in [0.4, 0.5) is 0 Å². The smallest absolute Gasteiger partial charge is 0.163 e. The number of hydrogen-bond donors (Lipinski definition) is 1. The molecular weight excluding hydrogens is 250 g/mol. The highest BCUT2D eigenvalue weighted by atomic mass is 16.7. The molecule has 3 heteroatoms. The van der Waals surface area contributed by atoms with Gasteiger partial charge in [-0.25, -0.2) is 0 Å². The van der Waals surface area contributed by atoms with Gasteiger partial charge in [-0.2, -0.15) is 0 Å². The summed E-state index contributed by atoms with van der Waals surface area (Å²) in [5.41, 5.74) is 8.89. The highest BCUT2D eigenvalue weighted by molar-refractivity contribution is 5.30. The Morgan fingerprint density at radius 3 is 2.25 bits per heavy atom. The number of benzene rings is 1. The summed E-state index contributed by atoms with van der Waals surface area (Å²) in [4.78, 5) is 0. The maximum atomic E-state index is 6.57. The molecule has 3 rings (SSSR count). The van der Waals surface area contributed by atoms with Gasteiger partial charge in [-0.15, -0.1) is 0 Å². The van der Waals surface area contributed by atoms with Gasteiger partial charge < -0.3 is 15.2 Å². The lowest BCUT2D eigenvalue weighted by molar-refractivity contribution is -0.139. The van der Waals surface area contributed by atoms with Crippen LogP contribution in [0, 0.1) is 0 Å². The first-order valence-corrected chi connectivity index (χ1v) is 7.70. The molecule has 1 aromatic carbocycles. The Kier molecular flexibility index (Phi) is 3.61.